The molecule has 0 spiro atoms. The number of hydrogen-bond donors (Lipinski definition) is 1. The number of nitrogens with zero attached hydrogens (tertiary/aromatic N) is 1. The number of amides is 1. The molecule has 0 aliphatic heterocycles. The summed E-state index contributed by atoms with van der Waals surface area (Å²) in [5, 5.41) is 3.65. The summed E-state index contributed by atoms with van der Waals surface area (Å²) in [6.45, 7) is 0.633. The standard InChI is InChI=1S/C18H17ClN2OS/c1-21(13-14-7-3-2-4-8-14)18(23)20-17(22)12-11-15-9-5-6-10-16(15)19/h2-12H,13H2,1H3,(H,20,22,23)/b12-11+. The Labute approximate surface area is 146 Å². The van der Waals surface area contributed by atoms with Crippen molar-refractivity contribution in [1.82, 2.24) is 10.2 Å². The maximum atomic E-state index is 11.9. The van der Waals surface area contributed by atoms with Crippen LogP contribution in [-0.4, -0.2) is 23.0 Å². The fourth-order valence-electron chi connectivity index (χ4n) is 1.95. The number of halogens is 1. The number of carbonyl (C=O) groups excluding carboxylic acids is 1. The Morgan fingerprint density at radius 1 is 1.17 bits per heavy atom. The van der Waals surface area contributed by atoms with Gasteiger partial charge in [0.05, 0.1) is 0 Å². The van der Waals surface area contributed by atoms with Crippen LogP contribution in [0.15, 0.2) is 60.7 Å². The van der Waals surface area contributed by atoms with Crippen molar-refractivity contribution < 1.29 is 4.79 Å². The summed E-state index contributed by atoms with van der Waals surface area (Å²) in [5.41, 5.74) is 1.91. The Morgan fingerprint density at radius 2 is 1.83 bits per heavy atom. The summed E-state index contributed by atoms with van der Waals surface area (Å²) < 4.78 is 0. The summed E-state index contributed by atoms with van der Waals surface area (Å²) in [4.78, 5) is 13.8. The molecule has 3 nitrogen and oxygen atoms in total. The minimum Gasteiger partial charge on any atom is -0.348 e. The van der Waals surface area contributed by atoms with Crippen LogP contribution in [0.1, 0.15) is 11.1 Å². The average molecular weight is 345 g/mol. The molecule has 0 fully saturated rings. The zero-order chi connectivity index (χ0) is 16.7. The van der Waals surface area contributed by atoms with E-state index in [-0.39, 0.29) is 5.91 Å². The molecule has 0 bridgehead atoms. The second kappa shape index (κ2) is 8.46. The highest BCUT2D eigenvalue weighted by molar-refractivity contribution is 7.80. The summed E-state index contributed by atoms with van der Waals surface area (Å²) in [6, 6.07) is 17.2. The lowest BCUT2D eigenvalue weighted by atomic mass is 10.2. The first-order chi connectivity index (χ1) is 11.1. The Kier molecular flexibility index (Phi) is 6.32. The van der Waals surface area contributed by atoms with Crippen LogP contribution in [0.3, 0.4) is 0 Å². The van der Waals surface area contributed by atoms with Gasteiger partial charge in [0.15, 0.2) is 5.11 Å². The van der Waals surface area contributed by atoms with Crippen LogP contribution in [-0.2, 0) is 11.3 Å². The van der Waals surface area contributed by atoms with Crippen LogP contribution in [0.5, 0.6) is 0 Å². The maximum Gasteiger partial charge on any atom is 0.250 e. The fraction of sp³-hybridized carbons (Fsp3) is 0.111. The zero-order valence-corrected chi connectivity index (χ0v) is 14.3. The van der Waals surface area contributed by atoms with Gasteiger partial charge in [-0.15, -0.1) is 0 Å². The molecule has 0 atom stereocenters. The molecule has 0 aliphatic rings. The van der Waals surface area contributed by atoms with E-state index in [0.717, 1.165) is 11.1 Å². The van der Waals surface area contributed by atoms with Crippen LogP contribution < -0.4 is 5.32 Å². The van der Waals surface area contributed by atoms with E-state index in [1.54, 1.807) is 12.1 Å². The Hall–Kier alpha value is -2.17. The number of carbonyl (C=O) groups is 1. The molecule has 1 amide bonds. The highest BCUT2D eigenvalue weighted by atomic mass is 35.5. The third kappa shape index (κ3) is 5.51. The fourth-order valence-corrected chi connectivity index (χ4v) is 2.31. The monoisotopic (exact) mass is 344 g/mol. The smallest absolute Gasteiger partial charge is 0.250 e. The third-order valence-corrected chi connectivity index (χ3v) is 3.92. The van der Waals surface area contributed by atoms with Crippen molar-refractivity contribution in [3.05, 3.63) is 76.8 Å². The molecular weight excluding hydrogens is 328 g/mol. The maximum absolute atomic E-state index is 11.9. The number of rotatable bonds is 4. The van der Waals surface area contributed by atoms with Crippen molar-refractivity contribution >= 4 is 40.9 Å². The molecule has 0 aliphatic carbocycles. The van der Waals surface area contributed by atoms with Gasteiger partial charge < -0.3 is 4.90 Å². The normalized spacial score (nSPS) is 10.5. The van der Waals surface area contributed by atoms with Crippen LogP contribution in [0.4, 0.5) is 0 Å². The van der Waals surface area contributed by atoms with Gasteiger partial charge in [0.2, 0.25) is 5.91 Å². The molecule has 5 heteroatoms. The number of benzene rings is 2. The van der Waals surface area contributed by atoms with E-state index in [4.69, 9.17) is 23.8 Å². The van der Waals surface area contributed by atoms with Gasteiger partial charge in [-0.25, -0.2) is 0 Å². The van der Waals surface area contributed by atoms with Gasteiger partial charge in [-0.1, -0.05) is 60.1 Å². The minimum absolute atomic E-state index is 0.283. The molecule has 2 aromatic carbocycles. The number of hydrogen-bond acceptors (Lipinski definition) is 2. The van der Waals surface area contributed by atoms with Crippen LogP contribution in [0.25, 0.3) is 6.08 Å². The first-order valence-corrected chi connectivity index (χ1v) is 7.87. The van der Waals surface area contributed by atoms with Crippen molar-refractivity contribution in [2.75, 3.05) is 7.05 Å². The number of nitrogens with one attached hydrogen (secondary N) is 1. The molecule has 0 radical (unpaired) electrons. The predicted molar refractivity (Wildman–Crippen MR) is 99.1 cm³/mol. The highest BCUT2D eigenvalue weighted by Gasteiger charge is 2.07. The molecule has 2 aromatic rings. The van der Waals surface area contributed by atoms with Crippen LogP contribution >= 0.6 is 23.8 Å². The molecular formula is C18H17ClN2OS. The van der Waals surface area contributed by atoms with Crippen molar-refractivity contribution in [3.63, 3.8) is 0 Å². The highest BCUT2D eigenvalue weighted by Crippen LogP contribution is 2.16. The molecule has 0 unspecified atom stereocenters. The first kappa shape index (κ1) is 17.2. The quantitative estimate of drug-likeness (QED) is 0.674. The summed E-state index contributed by atoms with van der Waals surface area (Å²) in [6.07, 6.45) is 3.08. The topological polar surface area (TPSA) is 32.3 Å². The van der Waals surface area contributed by atoms with Crippen LogP contribution in [0.2, 0.25) is 5.02 Å². The van der Waals surface area contributed by atoms with Crippen molar-refractivity contribution in [2.45, 2.75) is 6.54 Å². The summed E-state index contributed by atoms with van der Waals surface area (Å²) in [7, 11) is 1.84. The van der Waals surface area contributed by atoms with Gasteiger partial charge in [0.1, 0.15) is 0 Å². The van der Waals surface area contributed by atoms with Gasteiger partial charge in [0, 0.05) is 24.7 Å². The molecule has 0 saturated heterocycles. The second-order valence-corrected chi connectivity index (χ2v) is 5.78. The van der Waals surface area contributed by atoms with Gasteiger partial charge in [-0.3, -0.25) is 10.1 Å². The minimum atomic E-state index is -0.283. The summed E-state index contributed by atoms with van der Waals surface area (Å²) in [5.74, 6) is -0.283. The van der Waals surface area contributed by atoms with Crippen LogP contribution in [0, 0.1) is 0 Å². The molecule has 23 heavy (non-hydrogen) atoms. The van der Waals surface area contributed by atoms with E-state index < -0.39 is 0 Å². The van der Waals surface area contributed by atoms with Gasteiger partial charge in [-0.05, 0) is 35.5 Å². The van der Waals surface area contributed by atoms with E-state index >= 15 is 0 Å². The largest absolute Gasteiger partial charge is 0.348 e. The Balaban J connectivity index is 1.89. The van der Waals surface area contributed by atoms with Crippen molar-refractivity contribution in [1.29, 1.82) is 0 Å². The third-order valence-electron chi connectivity index (χ3n) is 3.16. The summed E-state index contributed by atoms with van der Waals surface area (Å²) >= 11 is 11.3. The Morgan fingerprint density at radius 3 is 2.52 bits per heavy atom. The van der Waals surface area contributed by atoms with E-state index in [0.29, 0.717) is 16.7 Å². The molecule has 118 valence electrons. The van der Waals surface area contributed by atoms with E-state index in [1.807, 2.05) is 60.5 Å². The number of thiocarbonyl (C=S) groups is 1. The first-order valence-electron chi connectivity index (χ1n) is 7.09. The molecule has 0 heterocycles. The van der Waals surface area contributed by atoms with Crippen molar-refractivity contribution in [3.8, 4) is 0 Å². The van der Waals surface area contributed by atoms with Gasteiger partial charge in [-0.2, -0.15) is 0 Å². The molecule has 1 N–H and O–H groups in total. The SMILES string of the molecule is CN(Cc1ccccc1)C(=S)NC(=O)/C=C/c1ccccc1Cl. The van der Waals surface area contributed by atoms with Gasteiger partial charge >= 0.3 is 0 Å². The van der Waals surface area contributed by atoms with Crippen molar-refractivity contribution in [2.24, 2.45) is 0 Å². The lowest BCUT2D eigenvalue weighted by Crippen LogP contribution is -2.39. The van der Waals surface area contributed by atoms with Gasteiger partial charge in [0.25, 0.3) is 0 Å². The second-order valence-electron chi connectivity index (χ2n) is 4.99. The lowest BCUT2D eigenvalue weighted by Gasteiger charge is -2.19. The molecule has 0 saturated carbocycles. The van der Waals surface area contributed by atoms with E-state index in [2.05, 4.69) is 5.32 Å². The van der Waals surface area contributed by atoms with E-state index in [1.165, 1.54) is 6.08 Å². The lowest BCUT2D eigenvalue weighted by molar-refractivity contribution is -0.115. The van der Waals surface area contributed by atoms with E-state index in [9.17, 15) is 4.79 Å². The zero-order valence-electron chi connectivity index (χ0n) is 12.7. The average Bonchev–Trinajstić information content (AvgIpc) is 2.55. The predicted octanol–water partition coefficient (Wildman–Crippen LogP) is 3.89. The Bertz CT molecular complexity index is 716. The molecule has 0 aromatic heterocycles. The molecule has 2 rings (SSSR count).